The molecule has 1 amide bonds. The van der Waals surface area contributed by atoms with E-state index >= 15 is 0 Å². The number of rotatable bonds is 1. The molecule has 0 saturated carbocycles. The van der Waals surface area contributed by atoms with Crippen molar-refractivity contribution in [2.75, 3.05) is 13.1 Å². The predicted molar refractivity (Wildman–Crippen MR) is 62.8 cm³/mol. The van der Waals surface area contributed by atoms with Crippen molar-refractivity contribution in [2.24, 2.45) is 5.92 Å². The molecule has 3 nitrogen and oxygen atoms in total. The summed E-state index contributed by atoms with van der Waals surface area (Å²) in [5.41, 5.74) is 0.539. The van der Waals surface area contributed by atoms with Gasteiger partial charge in [-0.25, -0.2) is 0 Å². The second kappa shape index (κ2) is 4.34. The number of benzene rings is 1. The first kappa shape index (κ1) is 11.3. The Morgan fingerprint density at radius 2 is 2.31 bits per heavy atom. The third-order valence-electron chi connectivity index (χ3n) is 2.91. The van der Waals surface area contributed by atoms with Gasteiger partial charge >= 0.3 is 0 Å². The van der Waals surface area contributed by atoms with Gasteiger partial charge in [0, 0.05) is 18.7 Å². The van der Waals surface area contributed by atoms with E-state index in [1.54, 1.807) is 6.07 Å². The van der Waals surface area contributed by atoms with E-state index in [0.717, 1.165) is 19.5 Å². The third kappa shape index (κ3) is 2.14. The molecule has 1 aromatic rings. The average Bonchev–Trinajstić information content (AvgIpc) is 2.68. The van der Waals surface area contributed by atoms with Crippen LogP contribution in [0, 0.1) is 5.92 Å². The molecule has 16 heavy (non-hydrogen) atoms. The molecule has 2 rings (SSSR count). The smallest absolute Gasteiger partial charge is 0.253 e. The van der Waals surface area contributed by atoms with E-state index in [4.69, 9.17) is 11.6 Å². The summed E-state index contributed by atoms with van der Waals surface area (Å²) in [5, 5.41) is 9.50. The Bertz CT molecular complexity index is 419. The number of likely N-dealkylation sites (tertiary alicyclic amines) is 1. The van der Waals surface area contributed by atoms with E-state index in [0.29, 0.717) is 11.5 Å². The van der Waals surface area contributed by atoms with E-state index in [1.165, 1.54) is 12.1 Å². The zero-order chi connectivity index (χ0) is 11.7. The molecule has 4 heteroatoms. The number of phenolic OH excluding ortho intramolecular Hbond substituents is 1. The fourth-order valence-corrected chi connectivity index (χ4v) is 2.12. The topological polar surface area (TPSA) is 40.5 Å². The lowest BCUT2D eigenvalue weighted by Gasteiger charge is -2.16. The largest absolute Gasteiger partial charge is 0.506 e. The first-order valence-corrected chi connectivity index (χ1v) is 5.73. The minimum Gasteiger partial charge on any atom is -0.506 e. The van der Waals surface area contributed by atoms with Gasteiger partial charge in [-0.15, -0.1) is 0 Å². The van der Waals surface area contributed by atoms with Crippen LogP contribution in [-0.2, 0) is 0 Å². The molecular weight excluding hydrogens is 226 g/mol. The van der Waals surface area contributed by atoms with Crippen LogP contribution < -0.4 is 0 Å². The van der Waals surface area contributed by atoms with Crippen molar-refractivity contribution in [1.29, 1.82) is 0 Å². The molecule has 0 aliphatic carbocycles. The van der Waals surface area contributed by atoms with Crippen molar-refractivity contribution >= 4 is 17.5 Å². The van der Waals surface area contributed by atoms with Crippen molar-refractivity contribution in [3.8, 4) is 5.75 Å². The third-order valence-corrected chi connectivity index (χ3v) is 3.21. The summed E-state index contributed by atoms with van der Waals surface area (Å²) in [4.78, 5) is 13.9. The first-order chi connectivity index (χ1) is 7.58. The second-order valence-electron chi connectivity index (χ2n) is 4.31. The highest BCUT2D eigenvalue weighted by atomic mass is 35.5. The van der Waals surface area contributed by atoms with Crippen LogP contribution in [0.5, 0.6) is 5.75 Å². The first-order valence-electron chi connectivity index (χ1n) is 5.35. The Labute approximate surface area is 99.6 Å². The minimum absolute atomic E-state index is 0.00741. The van der Waals surface area contributed by atoms with Gasteiger partial charge in [0.25, 0.3) is 5.91 Å². The minimum atomic E-state index is -0.00810. The summed E-state index contributed by atoms with van der Waals surface area (Å²) >= 11 is 5.77. The normalized spacial score (nSPS) is 20.1. The molecule has 0 spiro atoms. The van der Waals surface area contributed by atoms with Gasteiger partial charge in [0.2, 0.25) is 0 Å². The zero-order valence-electron chi connectivity index (χ0n) is 9.11. The van der Waals surface area contributed by atoms with E-state index in [1.807, 2.05) is 4.90 Å². The van der Waals surface area contributed by atoms with Crippen molar-refractivity contribution in [3.63, 3.8) is 0 Å². The summed E-state index contributed by atoms with van der Waals surface area (Å²) in [6, 6.07) is 4.57. The highest BCUT2D eigenvalue weighted by molar-refractivity contribution is 6.32. The maximum Gasteiger partial charge on any atom is 0.253 e. The molecule has 1 saturated heterocycles. The summed E-state index contributed by atoms with van der Waals surface area (Å²) in [6.07, 6.45) is 1.05. The fourth-order valence-electron chi connectivity index (χ4n) is 1.94. The molecule has 1 unspecified atom stereocenters. The maximum absolute atomic E-state index is 12.0. The number of amides is 1. The lowest BCUT2D eigenvalue weighted by molar-refractivity contribution is 0.0788. The molecule has 0 aromatic heterocycles. The van der Waals surface area contributed by atoms with Gasteiger partial charge in [-0.05, 0) is 30.5 Å². The quantitative estimate of drug-likeness (QED) is 0.818. The number of hydrogen-bond acceptors (Lipinski definition) is 2. The Morgan fingerprint density at radius 1 is 1.56 bits per heavy atom. The second-order valence-corrected chi connectivity index (χ2v) is 4.72. The van der Waals surface area contributed by atoms with Crippen LogP contribution in [0.4, 0.5) is 0 Å². The standard InChI is InChI=1S/C12H14ClNO2/c1-8-4-5-14(7-8)12(16)9-2-3-11(15)10(13)6-9/h2-3,6,8,15H,4-5,7H2,1H3. The van der Waals surface area contributed by atoms with Gasteiger partial charge in [-0.1, -0.05) is 18.5 Å². The maximum atomic E-state index is 12.0. The van der Waals surface area contributed by atoms with Gasteiger partial charge < -0.3 is 10.0 Å². The molecule has 1 heterocycles. The van der Waals surface area contributed by atoms with E-state index in [-0.39, 0.29) is 16.7 Å². The molecule has 1 aliphatic heterocycles. The molecule has 0 bridgehead atoms. The summed E-state index contributed by atoms with van der Waals surface area (Å²) in [6.45, 7) is 3.74. The summed E-state index contributed by atoms with van der Waals surface area (Å²) in [7, 11) is 0. The molecule has 1 aliphatic rings. The van der Waals surface area contributed by atoms with E-state index < -0.39 is 0 Å². The van der Waals surface area contributed by atoms with Crippen molar-refractivity contribution in [2.45, 2.75) is 13.3 Å². The Hall–Kier alpha value is -1.22. The van der Waals surface area contributed by atoms with Crippen LogP contribution in [0.15, 0.2) is 18.2 Å². The Morgan fingerprint density at radius 3 is 2.88 bits per heavy atom. The predicted octanol–water partition coefficient (Wildman–Crippen LogP) is 2.53. The van der Waals surface area contributed by atoms with Gasteiger partial charge in [0.15, 0.2) is 0 Å². The number of carbonyl (C=O) groups excluding carboxylic acids is 1. The highest BCUT2D eigenvalue weighted by Gasteiger charge is 2.24. The van der Waals surface area contributed by atoms with Gasteiger partial charge in [0.05, 0.1) is 5.02 Å². The van der Waals surface area contributed by atoms with Crippen LogP contribution in [0.25, 0.3) is 0 Å². The summed E-state index contributed by atoms with van der Waals surface area (Å²) in [5.74, 6) is 0.566. The summed E-state index contributed by atoms with van der Waals surface area (Å²) < 4.78 is 0. The number of phenols is 1. The lowest BCUT2D eigenvalue weighted by Crippen LogP contribution is -2.28. The van der Waals surface area contributed by atoms with Crippen LogP contribution in [-0.4, -0.2) is 29.0 Å². The molecule has 1 aromatic carbocycles. The number of carbonyl (C=O) groups is 1. The van der Waals surface area contributed by atoms with Crippen LogP contribution >= 0.6 is 11.6 Å². The van der Waals surface area contributed by atoms with Crippen molar-refractivity contribution < 1.29 is 9.90 Å². The van der Waals surface area contributed by atoms with E-state index in [2.05, 4.69) is 6.92 Å². The highest BCUT2D eigenvalue weighted by Crippen LogP contribution is 2.25. The number of aromatic hydroxyl groups is 1. The molecule has 1 fully saturated rings. The number of nitrogens with zero attached hydrogens (tertiary/aromatic N) is 1. The van der Waals surface area contributed by atoms with Crippen molar-refractivity contribution in [3.05, 3.63) is 28.8 Å². The zero-order valence-corrected chi connectivity index (χ0v) is 9.87. The Balaban J connectivity index is 2.18. The van der Waals surface area contributed by atoms with Crippen molar-refractivity contribution in [1.82, 2.24) is 4.90 Å². The monoisotopic (exact) mass is 239 g/mol. The molecule has 1 atom stereocenters. The number of halogens is 1. The molecule has 1 N–H and O–H groups in total. The van der Waals surface area contributed by atoms with Crippen LogP contribution in [0.2, 0.25) is 5.02 Å². The molecule has 86 valence electrons. The van der Waals surface area contributed by atoms with Crippen LogP contribution in [0.1, 0.15) is 23.7 Å². The van der Waals surface area contributed by atoms with E-state index in [9.17, 15) is 9.90 Å². The Kier molecular flexibility index (Phi) is 3.06. The average molecular weight is 240 g/mol. The van der Waals surface area contributed by atoms with Gasteiger partial charge in [-0.3, -0.25) is 4.79 Å². The van der Waals surface area contributed by atoms with Crippen LogP contribution in [0.3, 0.4) is 0 Å². The van der Waals surface area contributed by atoms with Gasteiger partial charge in [-0.2, -0.15) is 0 Å². The molecule has 0 radical (unpaired) electrons. The SMILES string of the molecule is CC1CCN(C(=O)c2ccc(O)c(Cl)c2)C1. The molecular formula is C12H14ClNO2. The fraction of sp³-hybridized carbons (Fsp3) is 0.417. The number of hydrogen-bond donors (Lipinski definition) is 1. The van der Waals surface area contributed by atoms with Gasteiger partial charge in [0.1, 0.15) is 5.75 Å². The lowest BCUT2D eigenvalue weighted by atomic mass is 10.2.